The SMILES string of the molecule is O=C(c1cccc(Br)c1)N1CCC2(CCCCC2)CC1. The first-order valence-corrected chi connectivity index (χ1v) is 8.53. The van der Waals surface area contributed by atoms with E-state index in [4.69, 9.17) is 0 Å². The molecule has 0 unspecified atom stereocenters. The molecule has 1 saturated heterocycles. The van der Waals surface area contributed by atoms with Crippen molar-refractivity contribution in [1.29, 1.82) is 0 Å². The predicted molar refractivity (Wildman–Crippen MR) is 84.8 cm³/mol. The molecule has 0 bridgehead atoms. The summed E-state index contributed by atoms with van der Waals surface area (Å²) in [5, 5.41) is 0. The van der Waals surface area contributed by atoms with Crippen LogP contribution in [0.4, 0.5) is 0 Å². The molecule has 1 spiro atoms. The van der Waals surface area contributed by atoms with Crippen LogP contribution in [0.3, 0.4) is 0 Å². The molecule has 20 heavy (non-hydrogen) atoms. The summed E-state index contributed by atoms with van der Waals surface area (Å²) >= 11 is 3.44. The fourth-order valence-corrected chi connectivity index (χ4v) is 4.19. The maximum atomic E-state index is 12.5. The number of carbonyl (C=O) groups is 1. The Hall–Kier alpha value is -0.830. The molecular formula is C17H22BrNO. The number of hydrogen-bond acceptors (Lipinski definition) is 1. The largest absolute Gasteiger partial charge is 0.339 e. The van der Waals surface area contributed by atoms with Gasteiger partial charge in [-0.1, -0.05) is 41.3 Å². The summed E-state index contributed by atoms with van der Waals surface area (Å²) in [6.45, 7) is 1.87. The zero-order valence-corrected chi connectivity index (χ0v) is 13.5. The quantitative estimate of drug-likeness (QED) is 0.732. The Bertz CT molecular complexity index is 484. The zero-order valence-electron chi connectivity index (χ0n) is 11.9. The average Bonchev–Trinajstić information content (AvgIpc) is 2.48. The van der Waals surface area contributed by atoms with Crippen LogP contribution in [0.2, 0.25) is 0 Å². The molecule has 1 saturated carbocycles. The van der Waals surface area contributed by atoms with Crippen LogP contribution in [0.1, 0.15) is 55.3 Å². The summed E-state index contributed by atoms with van der Waals surface area (Å²) in [6.07, 6.45) is 9.35. The maximum Gasteiger partial charge on any atom is 0.253 e. The van der Waals surface area contributed by atoms with Gasteiger partial charge in [0.15, 0.2) is 0 Å². The number of carbonyl (C=O) groups excluding carboxylic acids is 1. The van der Waals surface area contributed by atoms with Crippen molar-refractivity contribution in [3.8, 4) is 0 Å². The second-order valence-electron chi connectivity index (χ2n) is 6.36. The average molecular weight is 336 g/mol. The van der Waals surface area contributed by atoms with Crippen LogP contribution in [0.15, 0.2) is 28.7 Å². The molecule has 108 valence electrons. The van der Waals surface area contributed by atoms with Crippen LogP contribution >= 0.6 is 15.9 Å². The number of piperidine rings is 1. The first-order valence-electron chi connectivity index (χ1n) is 7.73. The van der Waals surface area contributed by atoms with E-state index in [0.29, 0.717) is 5.41 Å². The summed E-state index contributed by atoms with van der Waals surface area (Å²) in [5.41, 5.74) is 1.37. The molecule has 0 radical (unpaired) electrons. The maximum absolute atomic E-state index is 12.5. The lowest BCUT2D eigenvalue weighted by molar-refractivity contribution is 0.0472. The van der Waals surface area contributed by atoms with Crippen LogP contribution in [0.25, 0.3) is 0 Å². The van der Waals surface area contributed by atoms with Crippen molar-refractivity contribution in [2.24, 2.45) is 5.41 Å². The van der Waals surface area contributed by atoms with Crippen molar-refractivity contribution >= 4 is 21.8 Å². The first-order chi connectivity index (χ1) is 9.69. The van der Waals surface area contributed by atoms with E-state index in [-0.39, 0.29) is 5.91 Å². The Labute approximate surface area is 129 Å². The Balaban J connectivity index is 1.64. The standard InChI is InChI=1S/C17H22BrNO/c18-15-6-4-5-14(13-15)16(20)19-11-9-17(10-12-19)7-2-1-3-8-17/h4-6,13H,1-3,7-12H2. The lowest BCUT2D eigenvalue weighted by Crippen LogP contribution is -2.43. The van der Waals surface area contributed by atoms with Crippen molar-refractivity contribution in [2.45, 2.75) is 44.9 Å². The smallest absolute Gasteiger partial charge is 0.253 e. The van der Waals surface area contributed by atoms with Gasteiger partial charge in [-0.25, -0.2) is 0 Å². The molecule has 0 N–H and O–H groups in total. The van der Waals surface area contributed by atoms with Gasteiger partial charge in [-0.3, -0.25) is 4.79 Å². The third-order valence-corrected chi connectivity index (χ3v) is 5.59. The van der Waals surface area contributed by atoms with Crippen LogP contribution in [0, 0.1) is 5.41 Å². The van der Waals surface area contributed by atoms with Gasteiger partial charge in [0.1, 0.15) is 0 Å². The Morgan fingerprint density at radius 3 is 2.40 bits per heavy atom. The summed E-state index contributed by atoms with van der Waals surface area (Å²) < 4.78 is 0.976. The molecule has 1 aliphatic carbocycles. The van der Waals surface area contributed by atoms with Gasteiger partial charge in [0.2, 0.25) is 0 Å². The van der Waals surface area contributed by atoms with Gasteiger partial charge in [0, 0.05) is 23.1 Å². The van der Waals surface area contributed by atoms with Crippen LogP contribution in [-0.2, 0) is 0 Å². The van der Waals surface area contributed by atoms with Gasteiger partial charge in [-0.15, -0.1) is 0 Å². The molecule has 3 heteroatoms. The van der Waals surface area contributed by atoms with E-state index < -0.39 is 0 Å². The van der Waals surface area contributed by atoms with E-state index in [2.05, 4.69) is 15.9 Å². The summed E-state index contributed by atoms with van der Waals surface area (Å²) in [5.74, 6) is 0.192. The van der Waals surface area contributed by atoms with E-state index >= 15 is 0 Å². The van der Waals surface area contributed by atoms with E-state index in [0.717, 1.165) is 23.1 Å². The topological polar surface area (TPSA) is 20.3 Å². The van der Waals surface area contributed by atoms with Crippen LogP contribution < -0.4 is 0 Å². The van der Waals surface area contributed by atoms with Gasteiger partial charge in [-0.05, 0) is 49.3 Å². The van der Waals surface area contributed by atoms with Crippen molar-refractivity contribution in [3.05, 3.63) is 34.3 Å². The van der Waals surface area contributed by atoms with Crippen molar-refractivity contribution in [2.75, 3.05) is 13.1 Å². The fourth-order valence-electron chi connectivity index (χ4n) is 3.79. The highest BCUT2D eigenvalue weighted by Crippen LogP contribution is 2.44. The van der Waals surface area contributed by atoms with Crippen LogP contribution in [0.5, 0.6) is 0 Å². The molecule has 2 fully saturated rings. The third kappa shape index (κ3) is 2.93. The molecule has 1 aromatic carbocycles. The molecule has 2 aliphatic rings. The predicted octanol–water partition coefficient (Wildman–Crippen LogP) is 4.64. The van der Waals surface area contributed by atoms with Crippen molar-refractivity contribution in [3.63, 3.8) is 0 Å². The van der Waals surface area contributed by atoms with E-state index in [1.165, 1.54) is 44.9 Å². The number of benzene rings is 1. The molecule has 1 aromatic rings. The molecule has 1 heterocycles. The molecule has 2 nitrogen and oxygen atoms in total. The molecule has 1 amide bonds. The lowest BCUT2D eigenvalue weighted by atomic mass is 9.68. The molecule has 3 rings (SSSR count). The van der Waals surface area contributed by atoms with E-state index in [1.54, 1.807) is 0 Å². The number of hydrogen-bond donors (Lipinski definition) is 0. The highest BCUT2D eigenvalue weighted by Gasteiger charge is 2.36. The zero-order chi connectivity index (χ0) is 14.0. The van der Waals surface area contributed by atoms with Crippen LogP contribution in [-0.4, -0.2) is 23.9 Å². The molecule has 1 aliphatic heterocycles. The number of halogens is 1. The summed E-state index contributed by atoms with van der Waals surface area (Å²) in [4.78, 5) is 14.6. The lowest BCUT2D eigenvalue weighted by Gasteiger charge is -2.44. The minimum atomic E-state index is 0.192. The number of likely N-dealkylation sites (tertiary alicyclic amines) is 1. The van der Waals surface area contributed by atoms with Gasteiger partial charge in [0.05, 0.1) is 0 Å². The second-order valence-corrected chi connectivity index (χ2v) is 7.28. The van der Waals surface area contributed by atoms with E-state index in [9.17, 15) is 4.79 Å². The number of nitrogens with zero attached hydrogens (tertiary/aromatic N) is 1. The van der Waals surface area contributed by atoms with Gasteiger partial charge in [0.25, 0.3) is 5.91 Å². The first kappa shape index (κ1) is 14.1. The normalized spacial score (nSPS) is 21.9. The molecule has 0 atom stereocenters. The van der Waals surface area contributed by atoms with Gasteiger partial charge < -0.3 is 4.90 Å². The second kappa shape index (κ2) is 5.88. The monoisotopic (exact) mass is 335 g/mol. The highest BCUT2D eigenvalue weighted by molar-refractivity contribution is 9.10. The third-order valence-electron chi connectivity index (χ3n) is 5.10. The van der Waals surface area contributed by atoms with Crippen molar-refractivity contribution in [1.82, 2.24) is 4.90 Å². The Morgan fingerprint density at radius 2 is 1.75 bits per heavy atom. The fraction of sp³-hybridized carbons (Fsp3) is 0.588. The highest BCUT2D eigenvalue weighted by atomic mass is 79.9. The Kier molecular flexibility index (Phi) is 4.16. The summed E-state index contributed by atoms with van der Waals surface area (Å²) in [7, 11) is 0. The Morgan fingerprint density at radius 1 is 1.05 bits per heavy atom. The van der Waals surface area contributed by atoms with Crippen molar-refractivity contribution < 1.29 is 4.79 Å². The van der Waals surface area contributed by atoms with Gasteiger partial charge in [-0.2, -0.15) is 0 Å². The summed E-state index contributed by atoms with van der Waals surface area (Å²) in [6, 6.07) is 7.74. The molecular weight excluding hydrogens is 314 g/mol. The van der Waals surface area contributed by atoms with E-state index in [1.807, 2.05) is 29.2 Å². The number of amides is 1. The minimum absolute atomic E-state index is 0.192. The number of rotatable bonds is 1. The van der Waals surface area contributed by atoms with Gasteiger partial charge >= 0.3 is 0 Å². The minimum Gasteiger partial charge on any atom is -0.339 e. The molecule has 0 aromatic heterocycles.